The first-order valence-corrected chi connectivity index (χ1v) is 9.56. The highest BCUT2D eigenvalue weighted by atomic mass is 32.2. The Labute approximate surface area is 138 Å². The molecular formula is C16H26N2O4S. The average molecular weight is 342 g/mol. The van der Waals surface area contributed by atoms with Crippen molar-refractivity contribution in [2.45, 2.75) is 31.6 Å². The van der Waals surface area contributed by atoms with E-state index in [1.54, 1.807) is 18.2 Å². The number of hydrogen-bond donors (Lipinski definition) is 1. The van der Waals surface area contributed by atoms with Gasteiger partial charge in [-0.15, -0.1) is 0 Å². The van der Waals surface area contributed by atoms with Crippen LogP contribution >= 0.6 is 0 Å². The molecule has 2 N–H and O–H groups in total. The number of sulfonamides is 1. The van der Waals surface area contributed by atoms with E-state index >= 15 is 0 Å². The van der Waals surface area contributed by atoms with Crippen LogP contribution in [0.4, 0.5) is 0 Å². The van der Waals surface area contributed by atoms with E-state index in [0.717, 1.165) is 12.8 Å². The maximum absolute atomic E-state index is 12.8. The Morgan fingerprint density at radius 1 is 1.13 bits per heavy atom. The third kappa shape index (κ3) is 4.16. The van der Waals surface area contributed by atoms with Gasteiger partial charge in [0.05, 0.1) is 18.1 Å². The molecule has 130 valence electrons. The van der Waals surface area contributed by atoms with E-state index in [4.69, 9.17) is 15.2 Å². The Balaban J connectivity index is 2.24. The second kappa shape index (κ2) is 7.99. The summed E-state index contributed by atoms with van der Waals surface area (Å²) in [6.45, 7) is 6.33. The smallest absolute Gasteiger partial charge is 0.243 e. The monoisotopic (exact) mass is 342 g/mol. The zero-order valence-corrected chi connectivity index (χ0v) is 14.6. The standard InChI is InChI=1S/C16H26N2O4S/c1-3-21-15-6-5-14(11-16(15)22-4-2)23(19,20)18-9-7-13(12-17)8-10-18/h5-6,11,13H,3-4,7-10,12,17H2,1-2H3. The van der Waals surface area contributed by atoms with Gasteiger partial charge in [-0.1, -0.05) is 0 Å². The van der Waals surface area contributed by atoms with Gasteiger partial charge in [-0.2, -0.15) is 4.31 Å². The predicted octanol–water partition coefficient (Wildman–Crippen LogP) is 1.84. The zero-order valence-electron chi connectivity index (χ0n) is 13.8. The normalized spacial score (nSPS) is 17.2. The zero-order chi connectivity index (χ0) is 16.9. The van der Waals surface area contributed by atoms with Crippen molar-refractivity contribution in [3.8, 4) is 11.5 Å². The highest BCUT2D eigenvalue weighted by Crippen LogP contribution is 2.32. The van der Waals surface area contributed by atoms with E-state index in [1.165, 1.54) is 4.31 Å². The van der Waals surface area contributed by atoms with Gasteiger partial charge in [0.1, 0.15) is 0 Å². The van der Waals surface area contributed by atoms with Crippen LogP contribution in [0.15, 0.2) is 23.1 Å². The molecule has 1 aromatic carbocycles. The third-order valence-corrected chi connectivity index (χ3v) is 5.95. The van der Waals surface area contributed by atoms with Crippen LogP contribution in [0.2, 0.25) is 0 Å². The first kappa shape index (κ1) is 18.0. The highest BCUT2D eigenvalue weighted by Gasteiger charge is 2.29. The van der Waals surface area contributed by atoms with Gasteiger partial charge in [-0.05, 0) is 51.3 Å². The van der Waals surface area contributed by atoms with Crippen molar-refractivity contribution < 1.29 is 17.9 Å². The van der Waals surface area contributed by atoms with Crippen LogP contribution in [0.3, 0.4) is 0 Å². The number of nitrogens with zero attached hydrogens (tertiary/aromatic N) is 1. The van der Waals surface area contributed by atoms with Crippen molar-refractivity contribution in [3.05, 3.63) is 18.2 Å². The van der Waals surface area contributed by atoms with Crippen LogP contribution in [0.5, 0.6) is 11.5 Å². The SMILES string of the molecule is CCOc1ccc(S(=O)(=O)N2CCC(CN)CC2)cc1OCC. The molecule has 7 heteroatoms. The van der Waals surface area contributed by atoms with Gasteiger partial charge < -0.3 is 15.2 Å². The van der Waals surface area contributed by atoms with Gasteiger partial charge in [0.15, 0.2) is 11.5 Å². The molecule has 1 aliphatic heterocycles. The van der Waals surface area contributed by atoms with Crippen molar-refractivity contribution in [2.75, 3.05) is 32.8 Å². The van der Waals surface area contributed by atoms with Crippen LogP contribution < -0.4 is 15.2 Å². The third-order valence-electron chi connectivity index (χ3n) is 4.06. The summed E-state index contributed by atoms with van der Waals surface area (Å²) in [5.74, 6) is 1.45. The van der Waals surface area contributed by atoms with Gasteiger partial charge in [-0.25, -0.2) is 8.42 Å². The Kier molecular flexibility index (Phi) is 6.26. The second-order valence-corrected chi connectivity index (χ2v) is 7.50. The Hall–Kier alpha value is -1.31. The average Bonchev–Trinajstić information content (AvgIpc) is 2.57. The van der Waals surface area contributed by atoms with E-state index < -0.39 is 10.0 Å². The van der Waals surface area contributed by atoms with Crippen molar-refractivity contribution in [1.29, 1.82) is 0 Å². The maximum atomic E-state index is 12.8. The van der Waals surface area contributed by atoms with Crippen molar-refractivity contribution >= 4 is 10.0 Å². The van der Waals surface area contributed by atoms with Gasteiger partial charge in [0, 0.05) is 19.2 Å². The summed E-state index contributed by atoms with van der Waals surface area (Å²) in [5.41, 5.74) is 5.67. The lowest BCUT2D eigenvalue weighted by atomic mass is 9.99. The minimum atomic E-state index is -3.51. The molecule has 0 aromatic heterocycles. The number of piperidine rings is 1. The van der Waals surface area contributed by atoms with Gasteiger partial charge in [0.2, 0.25) is 10.0 Å². The molecule has 1 heterocycles. The summed E-state index contributed by atoms with van der Waals surface area (Å²) in [4.78, 5) is 0.246. The molecule has 1 aromatic rings. The summed E-state index contributed by atoms with van der Waals surface area (Å²) in [6.07, 6.45) is 1.62. The lowest BCUT2D eigenvalue weighted by molar-refractivity contribution is 0.277. The largest absolute Gasteiger partial charge is 0.490 e. The Morgan fingerprint density at radius 2 is 1.74 bits per heavy atom. The molecule has 0 spiro atoms. The predicted molar refractivity (Wildman–Crippen MR) is 89.3 cm³/mol. The molecule has 0 unspecified atom stereocenters. The van der Waals surface area contributed by atoms with Crippen LogP contribution in [0.25, 0.3) is 0 Å². The van der Waals surface area contributed by atoms with Gasteiger partial charge >= 0.3 is 0 Å². The highest BCUT2D eigenvalue weighted by molar-refractivity contribution is 7.89. The molecule has 0 amide bonds. The van der Waals surface area contributed by atoms with E-state index in [2.05, 4.69) is 0 Å². The van der Waals surface area contributed by atoms with Crippen LogP contribution in [0.1, 0.15) is 26.7 Å². The van der Waals surface area contributed by atoms with Crippen molar-refractivity contribution in [1.82, 2.24) is 4.31 Å². The molecule has 1 aliphatic rings. The Bertz CT molecular complexity index is 611. The summed E-state index contributed by atoms with van der Waals surface area (Å²) < 4.78 is 38.2. The first-order chi connectivity index (χ1) is 11.0. The fourth-order valence-electron chi connectivity index (χ4n) is 2.73. The minimum absolute atomic E-state index is 0.246. The number of hydrogen-bond acceptors (Lipinski definition) is 5. The lowest BCUT2D eigenvalue weighted by Crippen LogP contribution is -2.40. The summed E-state index contributed by atoms with van der Waals surface area (Å²) in [6, 6.07) is 4.80. The molecule has 0 bridgehead atoms. The fraction of sp³-hybridized carbons (Fsp3) is 0.625. The number of ether oxygens (including phenoxy) is 2. The molecule has 6 nitrogen and oxygen atoms in total. The summed E-state index contributed by atoms with van der Waals surface area (Å²) >= 11 is 0. The molecule has 0 radical (unpaired) electrons. The van der Waals surface area contributed by atoms with Crippen LogP contribution in [-0.4, -0.2) is 45.6 Å². The molecule has 23 heavy (non-hydrogen) atoms. The molecule has 1 saturated heterocycles. The lowest BCUT2D eigenvalue weighted by Gasteiger charge is -2.30. The number of rotatable bonds is 7. The van der Waals surface area contributed by atoms with Crippen molar-refractivity contribution in [2.24, 2.45) is 11.7 Å². The second-order valence-electron chi connectivity index (χ2n) is 5.56. The van der Waals surface area contributed by atoms with Crippen molar-refractivity contribution in [3.63, 3.8) is 0 Å². The van der Waals surface area contributed by atoms with Gasteiger partial charge in [-0.3, -0.25) is 0 Å². The van der Waals surface area contributed by atoms with E-state index in [0.29, 0.717) is 50.3 Å². The topological polar surface area (TPSA) is 81.9 Å². The van der Waals surface area contributed by atoms with E-state index in [1.807, 2.05) is 13.8 Å². The van der Waals surface area contributed by atoms with Crippen LogP contribution in [-0.2, 0) is 10.0 Å². The number of nitrogens with two attached hydrogens (primary N) is 1. The van der Waals surface area contributed by atoms with E-state index in [9.17, 15) is 8.42 Å². The Morgan fingerprint density at radius 3 is 2.30 bits per heavy atom. The van der Waals surface area contributed by atoms with E-state index in [-0.39, 0.29) is 4.90 Å². The molecule has 1 fully saturated rings. The fourth-order valence-corrected chi connectivity index (χ4v) is 4.21. The summed E-state index contributed by atoms with van der Waals surface area (Å²) in [5, 5.41) is 0. The maximum Gasteiger partial charge on any atom is 0.243 e. The number of benzene rings is 1. The molecule has 0 saturated carbocycles. The van der Waals surface area contributed by atoms with Crippen LogP contribution in [0, 0.1) is 5.92 Å². The minimum Gasteiger partial charge on any atom is -0.490 e. The van der Waals surface area contributed by atoms with Gasteiger partial charge in [0.25, 0.3) is 0 Å². The molecule has 0 aliphatic carbocycles. The summed E-state index contributed by atoms with van der Waals surface area (Å²) in [7, 11) is -3.51. The quantitative estimate of drug-likeness (QED) is 0.818. The molecule has 0 atom stereocenters. The molecular weight excluding hydrogens is 316 g/mol. The first-order valence-electron chi connectivity index (χ1n) is 8.12. The molecule has 2 rings (SSSR count).